The van der Waals surface area contributed by atoms with Gasteiger partial charge in [0, 0.05) is 24.9 Å². The van der Waals surface area contributed by atoms with Crippen LogP contribution in [0, 0.1) is 0 Å². The maximum absolute atomic E-state index is 5.19. The molecule has 2 unspecified atom stereocenters. The standard InChI is InChI=1S/C18H29N3OS.HI/c1-4-19-18(21-16-8-9-17(11-16)23-3)20-12-14-6-5-7-15(10-14)13-22-2;/h5-7,10,16-17H,4,8-9,11-13H2,1-3H3,(H2,19,20,21);1H. The summed E-state index contributed by atoms with van der Waals surface area (Å²) in [5, 5.41) is 7.74. The largest absolute Gasteiger partial charge is 0.380 e. The van der Waals surface area contributed by atoms with Crippen molar-refractivity contribution in [2.45, 2.75) is 50.6 Å². The number of nitrogens with one attached hydrogen (secondary N) is 2. The number of rotatable bonds is 7. The van der Waals surface area contributed by atoms with Crippen LogP contribution < -0.4 is 10.6 Å². The van der Waals surface area contributed by atoms with Crippen LogP contribution in [0.25, 0.3) is 0 Å². The van der Waals surface area contributed by atoms with Crippen LogP contribution in [0.3, 0.4) is 0 Å². The van der Waals surface area contributed by atoms with E-state index >= 15 is 0 Å². The van der Waals surface area contributed by atoms with Crippen molar-refractivity contribution in [2.75, 3.05) is 19.9 Å². The van der Waals surface area contributed by atoms with Crippen molar-refractivity contribution in [2.24, 2.45) is 4.99 Å². The molecule has 0 spiro atoms. The van der Waals surface area contributed by atoms with E-state index in [9.17, 15) is 0 Å². The molecule has 0 aromatic heterocycles. The predicted octanol–water partition coefficient (Wildman–Crippen LogP) is 3.79. The minimum Gasteiger partial charge on any atom is -0.380 e. The van der Waals surface area contributed by atoms with Gasteiger partial charge in [-0.05, 0) is 43.6 Å². The fraction of sp³-hybridized carbons (Fsp3) is 0.611. The van der Waals surface area contributed by atoms with Gasteiger partial charge in [-0.1, -0.05) is 24.3 Å². The van der Waals surface area contributed by atoms with Crippen molar-refractivity contribution in [1.82, 2.24) is 10.6 Å². The molecule has 1 aliphatic rings. The number of nitrogens with zero attached hydrogens (tertiary/aromatic N) is 1. The number of aliphatic imine (C=N–C) groups is 1. The van der Waals surface area contributed by atoms with Crippen molar-refractivity contribution in [3.8, 4) is 0 Å². The molecule has 1 aromatic carbocycles. The van der Waals surface area contributed by atoms with E-state index in [-0.39, 0.29) is 24.0 Å². The molecule has 6 heteroatoms. The first kappa shape index (κ1) is 21.6. The van der Waals surface area contributed by atoms with Crippen molar-refractivity contribution in [3.05, 3.63) is 35.4 Å². The number of hydrogen-bond acceptors (Lipinski definition) is 3. The lowest BCUT2D eigenvalue weighted by molar-refractivity contribution is 0.185. The summed E-state index contributed by atoms with van der Waals surface area (Å²) in [6.07, 6.45) is 5.98. The summed E-state index contributed by atoms with van der Waals surface area (Å²) >= 11 is 1.98. The average Bonchev–Trinajstić information content (AvgIpc) is 3.01. The molecular formula is C18H30IN3OS. The Morgan fingerprint density at radius 2 is 2.12 bits per heavy atom. The number of halogens is 1. The molecule has 1 aromatic rings. The molecule has 136 valence electrons. The summed E-state index contributed by atoms with van der Waals surface area (Å²) in [5.41, 5.74) is 2.40. The Bertz CT molecular complexity index is 513. The SMILES string of the molecule is CCNC(=NCc1cccc(COC)c1)NC1CCC(SC)C1.I. The van der Waals surface area contributed by atoms with E-state index in [0.717, 1.165) is 17.8 Å². The second-order valence-electron chi connectivity index (χ2n) is 5.96. The van der Waals surface area contributed by atoms with Gasteiger partial charge in [0.15, 0.2) is 5.96 Å². The Morgan fingerprint density at radius 3 is 2.79 bits per heavy atom. The van der Waals surface area contributed by atoms with E-state index in [1.165, 1.54) is 30.4 Å². The van der Waals surface area contributed by atoms with Crippen molar-refractivity contribution < 1.29 is 4.74 Å². The molecule has 0 saturated heterocycles. The highest BCUT2D eigenvalue weighted by Gasteiger charge is 2.24. The van der Waals surface area contributed by atoms with Gasteiger partial charge in [0.25, 0.3) is 0 Å². The molecule has 1 aliphatic carbocycles. The molecule has 0 heterocycles. The molecule has 4 nitrogen and oxygen atoms in total. The van der Waals surface area contributed by atoms with E-state index in [2.05, 4.69) is 48.1 Å². The number of ether oxygens (including phenoxy) is 1. The molecule has 1 saturated carbocycles. The normalized spacial score (nSPS) is 20.5. The van der Waals surface area contributed by atoms with Gasteiger partial charge in [0.05, 0.1) is 13.2 Å². The zero-order valence-electron chi connectivity index (χ0n) is 14.9. The van der Waals surface area contributed by atoms with Crippen LogP contribution >= 0.6 is 35.7 Å². The summed E-state index contributed by atoms with van der Waals surface area (Å²) in [6.45, 7) is 4.32. The quantitative estimate of drug-likeness (QED) is 0.367. The molecule has 2 rings (SSSR count). The van der Waals surface area contributed by atoms with Gasteiger partial charge in [-0.25, -0.2) is 4.99 Å². The van der Waals surface area contributed by atoms with Crippen molar-refractivity contribution in [3.63, 3.8) is 0 Å². The van der Waals surface area contributed by atoms with E-state index in [4.69, 9.17) is 9.73 Å². The Kier molecular flexibility index (Phi) is 10.8. The molecule has 0 radical (unpaired) electrons. The number of methoxy groups -OCH3 is 1. The summed E-state index contributed by atoms with van der Waals surface area (Å²) in [4.78, 5) is 4.75. The molecule has 1 fully saturated rings. The smallest absolute Gasteiger partial charge is 0.191 e. The van der Waals surface area contributed by atoms with Crippen molar-refractivity contribution in [1.29, 1.82) is 0 Å². The Labute approximate surface area is 167 Å². The second kappa shape index (κ2) is 12.0. The lowest BCUT2D eigenvalue weighted by Gasteiger charge is -2.17. The third-order valence-corrected chi connectivity index (χ3v) is 5.22. The lowest BCUT2D eigenvalue weighted by Crippen LogP contribution is -2.42. The highest BCUT2D eigenvalue weighted by molar-refractivity contribution is 14.0. The number of hydrogen-bond donors (Lipinski definition) is 2. The van der Waals surface area contributed by atoms with E-state index < -0.39 is 0 Å². The fourth-order valence-electron chi connectivity index (χ4n) is 2.95. The zero-order valence-corrected chi connectivity index (χ0v) is 18.0. The summed E-state index contributed by atoms with van der Waals surface area (Å²) in [6, 6.07) is 8.98. The average molecular weight is 463 g/mol. The topological polar surface area (TPSA) is 45.7 Å². The van der Waals surface area contributed by atoms with Gasteiger partial charge in [0.2, 0.25) is 0 Å². The van der Waals surface area contributed by atoms with Gasteiger partial charge in [0.1, 0.15) is 0 Å². The van der Waals surface area contributed by atoms with Crippen LogP contribution in [0.5, 0.6) is 0 Å². The number of guanidine groups is 1. The van der Waals surface area contributed by atoms with Gasteiger partial charge in [-0.2, -0.15) is 11.8 Å². The van der Waals surface area contributed by atoms with Crippen LogP contribution in [0.4, 0.5) is 0 Å². The molecule has 2 N–H and O–H groups in total. The maximum Gasteiger partial charge on any atom is 0.191 e. The second-order valence-corrected chi connectivity index (χ2v) is 7.10. The van der Waals surface area contributed by atoms with E-state index in [0.29, 0.717) is 19.2 Å². The van der Waals surface area contributed by atoms with Gasteiger partial charge < -0.3 is 15.4 Å². The van der Waals surface area contributed by atoms with E-state index in [1.807, 2.05) is 11.8 Å². The zero-order chi connectivity index (χ0) is 16.5. The minimum absolute atomic E-state index is 0. The Hall–Kier alpha value is -0.470. The summed E-state index contributed by atoms with van der Waals surface area (Å²) < 4.78 is 5.19. The Balaban J connectivity index is 0.00000288. The van der Waals surface area contributed by atoms with Gasteiger partial charge in [-0.15, -0.1) is 24.0 Å². The van der Waals surface area contributed by atoms with Gasteiger partial charge in [-0.3, -0.25) is 0 Å². The third-order valence-electron chi connectivity index (χ3n) is 4.13. The van der Waals surface area contributed by atoms with Crippen molar-refractivity contribution >= 4 is 41.7 Å². The first-order chi connectivity index (χ1) is 11.2. The molecule has 0 amide bonds. The van der Waals surface area contributed by atoms with Crippen LogP contribution in [-0.4, -0.2) is 37.2 Å². The maximum atomic E-state index is 5.19. The van der Waals surface area contributed by atoms with Crippen LogP contribution in [0.1, 0.15) is 37.3 Å². The third kappa shape index (κ3) is 7.19. The monoisotopic (exact) mass is 463 g/mol. The van der Waals surface area contributed by atoms with Crippen LogP contribution in [0.15, 0.2) is 29.3 Å². The summed E-state index contributed by atoms with van der Waals surface area (Å²) in [5.74, 6) is 0.927. The number of benzene rings is 1. The number of thioether (sulfide) groups is 1. The van der Waals surface area contributed by atoms with Gasteiger partial charge >= 0.3 is 0 Å². The van der Waals surface area contributed by atoms with Crippen LogP contribution in [-0.2, 0) is 17.9 Å². The molecule has 0 aliphatic heterocycles. The molecule has 2 atom stereocenters. The molecule has 24 heavy (non-hydrogen) atoms. The minimum atomic E-state index is 0. The van der Waals surface area contributed by atoms with E-state index in [1.54, 1.807) is 7.11 Å². The fourth-order valence-corrected chi connectivity index (χ4v) is 3.75. The lowest BCUT2D eigenvalue weighted by atomic mass is 10.1. The Morgan fingerprint density at radius 1 is 1.33 bits per heavy atom. The highest BCUT2D eigenvalue weighted by Crippen LogP contribution is 2.28. The van der Waals surface area contributed by atoms with Crippen LogP contribution in [0.2, 0.25) is 0 Å². The molecular weight excluding hydrogens is 433 g/mol. The first-order valence-corrected chi connectivity index (χ1v) is 9.68. The summed E-state index contributed by atoms with van der Waals surface area (Å²) in [7, 11) is 1.72. The highest BCUT2D eigenvalue weighted by atomic mass is 127. The molecule has 0 bridgehead atoms. The predicted molar refractivity (Wildman–Crippen MR) is 115 cm³/mol. The first-order valence-electron chi connectivity index (χ1n) is 8.39.